The van der Waals surface area contributed by atoms with Crippen LogP contribution in [0.15, 0.2) is 48.5 Å². The largest absolute Gasteiger partial charge is 0.352 e. The van der Waals surface area contributed by atoms with Gasteiger partial charge in [-0.2, -0.15) is 0 Å². The first-order chi connectivity index (χ1) is 12.0. The van der Waals surface area contributed by atoms with Crippen LogP contribution in [0, 0.1) is 5.82 Å². The maximum atomic E-state index is 13.1. The van der Waals surface area contributed by atoms with Crippen molar-refractivity contribution in [1.29, 1.82) is 0 Å². The highest BCUT2D eigenvalue weighted by atomic mass is 19.1. The average Bonchev–Trinajstić information content (AvgIpc) is 2.58. The molecule has 6 heteroatoms. The molecule has 0 heterocycles. The van der Waals surface area contributed by atoms with Crippen LogP contribution in [0.25, 0.3) is 0 Å². The van der Waals surface area contributed by atoms with Gasteiger partial charge in [0, 0.05) is 23.4 Å². The molecule has 0 spiro atoms. The van der Waals surface area contributed by atoms with Crippen LogP contribution in [0.2, 0.25) is 0 Å². The fourth-order valence-electron chi connectivity index (χ4n) is 2.24. The number of hydrogen-bond donors (Lipinski definition) is 2. The van der Waals surface area contributed by atoms with Crippen LogP contribution in [0.4, 0.5) is 10.1 Å². The average molecular weight is 343 g/mol. The quantitative estimate of drug-likeness (QED) is 0.760. The van der Waals surface area contributed by atoms with E-state index in [2.05, 4.69) is 15.5 Å². The molecule has 0 saturated carbocycles. The number of anilines is 1. The summed E-state index contributed by atoms with van der Waals surface area (Å²) in [6.45, 7) is 1.50. The normalized spacial score (nSPS) is 10.6. The maximum Gasteiger partial charge on any atom is 0.255 e. The van der Waals surface area contributed by atoms with Crippen molar-refractivity contribution in [3.05, 3.63) is 65.5 Å². The summed E-state index contributed by atoms with van der Waals surface area (Å²) in [6, 6.07) is 12.0. The van der Waals surface area contributed by atoms with Crippen LogP contribution in [-0.4, -0.2) is 43.9 Å². The molecule has 132 valence electrons. The van der Waals surface area contributed by atoms with Gasteiger partial charge in [0.05, 0.1) is 0 Å². The van der Waals surface area contributed by atoms with Gasteiger partial charge in [-0.15, -0.1) is 0 Å². The lowest BCUT2D eigenvalue weighted by atomic mass is 10.1. The summed E-state index contributed by atoms with van der Waals surface area (Å²) in [4.78, 5) is 26.2. The molecule has 2 rings (SSSR count). The summed E-state index contributed by atoms with van der Waals surface area (Å²) in [5.41, 5.74) is 1.27. The van der Waals surface area contributed by atoms with E-state index in [-0.39, 0.29) is 11.8 Å². The molecule has 2 N–H and O–H groups in total. The zero-order valence-electron chi connectivity index (χ0n) is 14.4. The molecule has 0 fully saturated rings. The number of nitrogens with zero attached hydrogens (tertiary/aromatic N) is 1. The van der Waals surface area contributed by atoms with Crippen molar-refractivity contribution in [2.24, 2.45) is 0 Å². The van der Waals surface area contributed by atoms with E-state index in [4.69, 9.17) is 0 Å². The number of halogens is 1. The molecule has 0 radical (unpaired) electrons. The fraction of sp³-hybridized carbons (Fsp3) is 0.263. The number of nitrogens with one attached hydrogen (secondary N) is 2. The summed E-state index contributed by atoms with van der Waals surface area (Å²) in [5, 5.41) is 5.46. The van der Waals surface area contributed by atoms with E-state index in [9.17, 15) is 14.0 Å². The summed E-state index contributed by atoms with van der Waals surface area (Å²) in [7, 11) is 3.96. The fourth-order valence-corrected chi connectivity index (χ4v) is 2.24. The first kappa shape index (κ1) is 18.6. The molecule has 2 aromatic rings. The number of hydrogen-bond acceptors (Lipinski definition) is 3. The monoisotopic (exact) mass is 343 g/mol. The van der Waals surface area contributed by atoms with Crippen LogP contribution < -0.4 is 10.6 Å². The van der Waals surface area contributed by atoms with Gasteiger partial charge in [-0.25, -0.2) is 4.39 Å². The predicted molar refractivity (Wildman–Crippen MR) is 96.3 cm³/mol. The molecular weight excluding hydrogens is 321 g/mol. The standard InChI is InChI=1S/C19H22FN3O2/c1-23(2)12-4-11-21-18(24)14-7-9-15(10-8-14)19(25)22-17-6-3-5-16(20)13-17/h3,5-10,13H,4,11-12H2,1-2H3,(H,21,24)(H,22,25). The van der Waals surface area contributed by atoms with Gasteiger partial charge in [0.25, 0.3) is 11.8 Å². The number of rotatable bonds is 7. The Hall–Kier alpha value is -2.73. The van der Waals surface area contributed by atoms with E-state index < -0.39 is 5.82 Å². The summed E-state index contributed by atoms with van der Waals surface area (Å²) in [5.74, 6) is -0.946. The van der Waals surface area contributed by atoms with Gasteiger partial charge in [-0.1, -0.05) is 6.07 Å². The molecule has 0 aliphatic heterocycles. The molecular formula is C19H22FN3O2. The van der Waals surface area contributed by atoms with Crippen LogP contribution >= 0.6 is 0 Å². The highest BCUT2D eigenvalue weighted by molar-refractivity contribution is 6.05. The lowest BCUT2D eigenvalue weighted by molar-refractivity contribution is 0.0950. The van der Waals surface area contributed by atoms with Gasteiger partial charge < -0.3 is 15.5 Å². The molecule has 0 unspecified atom stereocenters. The van der Waals surface area contributed by atoms with Gasteiger partial charge >= 0.3 is 0 Å². The third-order valence-electron chi connectivity index (χ3n) is 3.56. The number of amides is 2. The third-order valence-corrected chi connectivity index (χ3v) is 3.56. The van der Waals surface area contributed by atoms with Gasteiger partial charge in [0.15, 0.2) is 0 Å². The first-order valence-electron chi connectivity index (χ1n) is 8.05. The van der Waals surface area contributed by atoms with E-state index in [0.29, 0.717) is 23.4 Å². The van der Waals surface area contributed by atoms with Crippen molar-refractivity contribution in [3.63, 3.8) is 0 Å². The Labute approximate surface area is 146 Å². The molecule has 5 nitrogen and oxygen atoms in total. The number of carbonyl (C=O) groups is 2. The summed E-state index contributed by atoms with van der Waals surface area (Å²) >= 11 is 0. The van der Waals surface area contributed by atoms with Gasteiger partial charge in [-0.05, 0) is 69.5 Å². The zero-order chi connectivity index (χ0) is 18.2. The molecule has 0 atom stereocenters. The Morgan fingerprint density at radius 1 is 1.00 bits per heavy atom. The van der Waals surface area contributed by atoms with E-state index >= 15 is 0 Å². The van der Waals surface area contributed by atoms with Gasteiger partial charge in [0.2, 0.25) is 0 Å². The smallest absolute Gasteiger partial charge is 0.255 e. The molecule has 0 aliphatic rings. The highest BCUT2D eigenvalue weighted by Crippen LogP contribution is 2.12. The lowest BCUT2D eigenvalue weighted by Crippen LogP contribution is -2.27. The minimum Gasteiger partial charge on any atom is -0.352 e. The Bertz CT molecular complexity index is 730. The zero-order valence-corrected chi connectivity index (χ0v) is 14.4. The van der Waals surface area contributed by atoms with Gasteiger partial charge in [0.1, 0.15) is 5.82 Å². The minimum absolute atomic E-state index is 0.171. The van der Waals surface area contributed by atoms with E-state index in [1.807, 2.05) is 14.1 Å². The number of carbonyl (C=O) groups excluding carboxylic acids is 2. The summed E-state index contributed by atoms with van der Waals surface area (Å²) < 4.78 is 13.1. The van der Waals surface area contributed by atoms with E-state index in [1.165, 1.54) is 18.2 Å². The second-order valence-corrected chi connectivity index (χ2v) is 5.95. The van der Waals surface area contributed by atoms with Crippen LogP contribution in [0.5, 0.6) is 0 Å². The second kappa shape index (κ2) is 8.94. The molecule has 2 aromatic carbocycles. The van der Waals surface area contributed by atoms with Crippen molar-refractivity contribution in [1.82, 2.24) is 10.2 Å². The topological polar surface area (TPSA) is 61.4 Å². The Balaban J connectivity index is 1.90. The van der Waals surface area contributed by atoms with E-state index in [0.717, 1.165) is 13.0 Å². The van der Waals surface area contributed by atoms with Crippen molar-refractivity contribution < 1.29 is 14.0 Å². The first-order valence-corrected chi connectivity index (χ1v) is 8.05. The van der Waals surface area contributed by atoms with Crippen LogP contribution in [0.1, 0.15) is 27.1 Å². The molecule has 0 bridgehead atoms. The highest BCUT2D eigenvalue weighted by Gasteiger charge is 2.09. The SMILES string of the molecule is CN(C)CCCNC(=O)c1ccc(C(=O)Nc2cccc(F)c2)cc1. The minimum atomic E-state index is -0.418. The summed E-state index contributed by atoms with van der Waals surface area (Å²) in [6.07, 6.45) is 0.868. The molecule has 0 saturated heterocycles. The van der Waals surface area contributed by atoms with Crippen LogP contribution in [0.3, 0.4) is 0 Å². The molecule has 25 heavy (non-hydrogen) atoms. The van der Waals surface area contributed by atoms with Crippen molar-refractivity contribution in [2.75, 3.05) is 32.5 Å². The lowest BCUT2D eigenvalue weighted by Gasteiger charge is -2.10. The Morgan fingerprint density at radius 2 is 1.64 bits per heavy atom. The number of benzene rings is 2. The maximum absolute atomic E-state index is 13.1. The Morgan fingerprint density at radius 3 is 2.24 bits per heavy atom. The molecule has 0 aliphatic carbocycles. The van der Waals surface area contributed by atoms with Crippen LogP contribution in [-0.2, 0) is 0 Å². The van der Waals surface area contributed by atoms with Gasteiger partial charge in [-0.3, -0.25) is 9.59 Å². The molecule has 0 aromatic heterocycles. The second-order valence-electron chi connectivity index (χ2n) is 5.95. The van der Waals surface area contributed by atoms with Crippen molar-refractivity contribution >= 4 is 17.5 Å². The molecule has 2 amide bonds. The Kier molecular flexibility index (Phi) is 6.65. The van der Waals surface area contributed by atoms with Crippen molar-refractivity contribution in [3.8, 4) is 0 Å². The van der Waals surface area contributed by atoms with E-state index in [1.54, 1.807) is 30.3 Å². The van der Waals surface area contributed by atoms with Crippen molar-refractivity contribution in [2.45, 2.75) is 6.42 Å². The third kappa shape index (κ3) is 6.00. The predicted octanol–water partition coefficient (Wildman–Crippen LogP) is 2.76.